The van der Waals surface area contributed by atoms with Gasteiger partial charge >= 0.3 is 6.18 Å². The van der Waals surface area contributed by atoms with Crippen molar-refractivity contribution in [2.45, 2.75) is 25.1 Å². The fourth-order valence-corrected chi connectivity index (χ4v) is 1.67. The van der Waals surface area contributed by atoms with Crippen LogP contribution in [0.15, 0.2) is 18.2 Å². The van der Waals surface area contributed by atoms with Crippen molar-refractivity contribution in [3.63, 3.8) is 0 Å². The zero-order chi connectivity index (χ0) is 11.1. The third-order valence-corrected chi connectivity index (χ3v) is 2.44. The Balaban J connectivity index is 2.24. The Morgan fingerprint density at radius 2 is 2.07 bits per heavy atom. The van der Waals surface area contributed by atoms with Crippen molar-refractivity contribution < 1.29 is 17.9 Å². The van der Waals surface area contributed by atoms with Crippen LogP contribution >= 0.6 is 0 Å². The normalized spacial score (nSPS) is 20.7. The Hall–Kier alpha value is -1.19. The number of hydrogen-bond acceptors (Lipinski definition) is 1. The standard InChI is InChI=1S/C11H10F3O/c1-7-2-4-9-8(6-7)3-5-10(15-9)11(12,13)14/h2,4,6,10H,1,3,5H2. The van der Waals surface area contributed by atoms with E-state index in [0.717, 1.165) is 11.1 Å². The lowest BCUT2D eigenvalue weighted by Crippen LogP contribution is -2.37. The summed E-state index contributed by atoms with van der Waals surface area (Å²) in [6.07, 6.45) is -5.57. The van der Waals surface area contributed by atoms with E-state index in [4.69, 9.17) is 4.74 Å². The number of rotatable bonds is 0. The van der Waals surface area contributed by atoms with E-state index in [1.807, 2.05) is 0 Å². The molecule has 1 aliphatic rings. The minimum absolute atomic E-state index is 0.0139. The second-order valence-electron chi connectivity index (χ2n) is 3.63. The number of ether oxygens (including phenoxy) is 1. The van der Waals surface area contributed by atoms with Gasteiger partial charge in [-0.2, -0.15) is 13.2 Å². The van der Waals surface area contributed by atoms with Gasteiger partial charge in [-0.05, 0) is 37.0 Å². The summed E-state index contributed by atoms with van der Waals surface area (Å²) in [6.45, 7) is 3.72. The number of halogens is 3. The summed E-state index contributed by atoms with van der Waals surface area (Å²) in [5.41, 5.74) is 1.60. The highest BCUT2D eigenvalue weighted by molar-refractivity contribution is 5.39. The predicted molar refractivity (Wildman–Crippen MR) is 49.7 cm³/mol. The van der Waals surface area contributed by atoms with Crippen LogP contribution in [0.25, 0.3) is 0 Å². The molecule has 0 fully saturated rings. The van der Waals surface area contributed by atoms with E-state index >= 15 is 0 Å². The molecule has 1 unspecified atom stereocenters. The lowest BCUT2D eigenvalue weighted by molar-refractivity contribution is -0.199. The van der Waals surface area contributed by atoms with Gasteiger partial charge in [0.1, 0.15) is 5.75 Å². The predicted octanol–water partition coefficient (Wildman–Crippen LogP) is 3.12. The molecule has 1 heterocycles. The lowest BCUT2D eigenvalue weighted by atomic mass is 10.0. The van der Waals surface area contributed by atoms with E-state index in [9.17, 15) is 13.2 Å². The summed E-state index contributed by atoms with van der Waals surface area (Å²) in [4.78, 5) is 0. The molecule has 1 atom stereocenters. The van der Waals surface area contributed by atoms with Crippen LogP contribution in [0.1, 0.15) is 17.5 Å². The average molecular weight is 215 g/mol. The van der Waals surface area contributed by atoms with E-state index in [-0.39, 0.29) is 6.42 Å². The second-order valence-corrected chi connectivity index (χ2v) is 3.63. The van der Waals surface area contributed by atoms with Crippen molar-refractivity contribution in [2.24, 2.45) is 0 Å². The molecule has 1 aromatic rings. The van der Waals surface area contributed by atoms with Gasteiger partial charge in [0.2, 0.25) is 0 Å². The first-order chi connectivity index (χ1) is 6.97. The number of hydrogen-bond donors (Lipinski definition) is 0. The van der Waals surface area contributed by atoms with E-state index in [1.165, 1.54) is 0 Å². The molecule has 2 rings (SSSR count). The van der Waals surface area contributed by atoms with Crippen molar-refractivity contribution in [1.29, 1.82) is 0 Å². The zero-order valence-electron chi connectivity index (χ0n) is 7.97. The SMILES string of the molecule is [CH2]c1ccc2c(c1)CCC(C(F)(F)F)O2. The van der Waals surface area contributed by atoms with E-state index < -0.39 is 12.3 Å². The van der Waals surface area contributed by atoms with Crippen molar-refractivity contribution in [1.82, 2.24) is 0 Å². The molecule has 1 aromatic carbocycles. The quantitative estimate of drug-likeness (QED) is 0.646. The van der Waals surface area contributed by atoms with Crippen molar-refractivity contribution >= 4 is 0 Å². The molecule has 0 saturated carbocycles. The molecule has 0 bridgehead atoms. The largest absolute Gasteiger partial charge is 0.481 e. The molecule has 1 aliphatic heterocycles. The summed E-state index contributed by atoms with van der Waals surface area (Å²) in [6, 6.07) is 4.97. The number of benzene rings is 1. The second kappa shape index (κ2) is 3.43. The van der Waals surface area contributed by atoms with Crippen LogP contribution in [0.4, 0.5) is 13.2 Å². The Morgan fingerprint density at radius 1 is 1.33 bits per heavy atom. The summed E-state index contributed by atoms with van der Waals surface area (Å²) < 4.78 is 42.0. The average Bonchev–Trinajstić information content (AvgIpc) is 2.15. The van der Waals surface area contributed by atoms with Gasteiger partial charge in [-0.3, -0.25) is 0 Å². The molecule has 1 radical (unpaired) electrons. The first-order valence-electron chi connectivity index (χ1n) is 4.65. The fraction of sp³-hybridized carbons (Fsp3) is 0.364. The minimum Gasteiger partial charge on any atom is -0.481 e. The van der Waals surface area contributed by atoms with Crippen molar-refractivity contribution in [3.8, 4) is 5.75 Å². The van der Waals surface area contributed by atoms with Crippen LogP contribution in [0.3, 0.4) is 0 Å². The van der Waals surface area contributed by atoms with Crippen molar-refractivity contribution in [3.05, 3.63) is 36.2 Å². The molecule has 4 heteroatoms. The molecule has 0 saturated heterocycles. The topological polar surface area (TPSA) is 9.23 Å². The van der Waals surface area contributed by atoms with Crippen LogP contribution in [-0.2, 0) is 6.42 Å². The molecular formula is C11H10F3O. The molecule has 15 heavy (non-hydrogen) atoms. The highest BCUT2D eigenvalue weighted by atomic mass is 19.4. The van der Waals surface area contributed by atoms with Gasteiger partial charge in [0.05, 0.1) is 0 Å². The van der Waals surface area contributed by atoms with Gasteiger partial charge < -0.3 is 4.74 Å². The number of alkyl halides is 3. The van der Waals surface area contributed by atoms with Crippen LogP contribution in [0.2, 0.25) is 0 Å². The lowest BCUT2D eigenvalue weighted by Gasteiger charge is -2.27. The Labute approximate surface area is 85.9 Å². The molecule has 0 amide bonds. The summed E-state index contributed by atoms with van der Waals surface area (Å²) in [5.74, 6) is 0.330. The zero-order valence-corrected chi connectivity index (χ0v) is 7.97. The summed E-state index contributed by atoms with van der Waals surface area (Å²) in [7, 11) is 0. The Bertz CT molecular complexity index is 371. The van der Waals surface area contributed by atoms with Gasteiger partial charge in [0.25, 0.3) is 0 Å². The van der Waals surface area contributed by atoms with E-state index in [2.05, 4.69) is 6.92 Å². The minimum atomic E-state index is -4.28. The third kappa shape index (κ3) is 2.08. The van der Waals surface area contributed by atoms with Crippen molar-refractivity contribution in [2.75, 3.05) is 0 Å². The van der Waals surface area contributed by atoms with E-state index in [1.54, 1.807) is 18.2 Å². The van der Waals surface area contributed by atoms with Crippen LogP contribution in [0.5, 0.6) is 5.75 Å². The Kier molecular flexibility index (Phi) is 2.37. The number of fused-ring (bicyclic) bond motifs is 1. The monoisotopic (exact) mass is 215 g/mol. The van der Waals surface area contributed by atoms with Gasteiger partial charge in [-0.15, -0.1) is 0 Å². The van der Waals surface area contributed by atoms with Crippen LogP contribution < -0.4 is 4.74 Å². The maximum atomic E-state index is 12.4. The maximum absolute atomic E-state index is 12.4. The van der Waals surface area contributed by atoms with Crippen LogP contribution in [0, 0.1) is 6.92 Å². The maximum Gasteiger partial charge on any atom is 0.425 e. The smallest absolute Gasteiger partial charge is 0.425 e. The molecule has 0 N–H and O–H groups in total. The molecule has 0 spiro atoms. The molecule has 0 aromatic heterocycles. The van der Waals surface area contributed by atoms with Gasteiger partial charge in [-0.1, -0.05) is 12.1 Å². The highest BCUT2D eigenvalue weighted by Crippen LogP contribution is 2.35. The molecule has 81 valence electrons. The number of aryl methyl sites for hydroxylation is 1. The van der Waals surface area contributed by atoms with Gasteiger partial charge in [0, 0.05) is 0 Å². The first kappa shape index (κ1) is 10.3. The summed E-state index contributed by atoms with van der Waals surface area (Å²) in [5, 5.41) is 0. The summed E-state index contributed by atoms with van der Waals surface area (Å²) >= 11 is 0. The Morgan fingerprint density at radius 3 is 2.73 bits per heavy atom. The fourth-order valence-electron chi connectivity index (χ4n) is 1.67. The van der Waals surface area contributed by atoms with Gasteiger partial charge in [0.15, 0.2) is 6.10 Å². The molecule has 1 nitrogen and oxygen atoms in total. The molecular weight excluding hydrogens is 205 g/mol. The van der Waals surface area contributed by atoms with Crippen LogP contribution in [-0.4, -0.2) is 12.3 Å². The van der Waals surface area contributed by atoms with E-state index in [0.29, 0.717) is 12.2 Å². The first-order valence-corrected chi connectivity index (χ1v) is 4.65. The van der Waals surface area contributed by atoms with Gasteiger partial charge in [-0.25, -0.2) is 0 Å². The highest BCUT2D eigenvalue weighted by Gasteiger charge is 2.43. The third-order valence-electron chi connectivity index (χ3n) is 2.44. The molecule has 0 aliphatic carbocycles.